The molecule has 8 heteroatoms. The molecule has 150 valence electrons. The van der Waals surface area contributed by atoms with Crippen LogP contribution in [0.3, 0.4) is 0 Å². The molecule has 2 unspecified atom stereocenters. The second-order valence-electron chi connectivity index (χ2n) is 8.02. The number of hydrogen-bond donors (Lipinski definition) is 2. The fraction of sp³-hybridized carbons (Fsp3) is 0.944. The van der Waals surface area contributed by atoms with Crippen LogP contribution >= 0.6 is 0 Å². The maximum Gasteiger partial charge on any atom is 0.211 e. The van der Waals surface area contributed by atoms with Gasteiger partial charge in [-0.25, -0.2) is 12.7 Å². The Morgan fingerprint density at radius 1 is 1.31 bits per heavy atom. The number of rotatable bonds is 6. The maximum absolute atomic E-state index is 11.6. The summed E-state index contributed by atoms with van der Waals surface area (Å²) in [4.78, 5) is 4.39. The lowest BCUT2D eigenvalue weighted by Crippen LogP contribution is -2.68. The first-order chi connectivity index (χ1) is 12.4. The monoisotopic (exact) mass is 386 g/mol. The van der Waals surface area contributed by atoms with Crippen LogP contribution in [-0.2, 0) is 14.8 Å². The molecule has 2 aliphatic carbocycles. The first-order valence-electron chi connectivity index (χ1n) is 9.93. The highest BCUT2D eigenvalue weighted by molar-refractivity contribution is 7.88. The van der Waals surface area contributed by atoms with Crippen LogP contribution in [0, 0.1) is 11.3 Å². The molecule has 2 saturated carbocycles. The molecular formula is C18H34N4O3S. The standard InChI is InChI=1S/C18H34N4O3S/c1-4-25-16-12-15(18(16)8-5-9-18)21-17(19-2)20-13-14-6-10-22(11-7-14)26(3,23)24/h14-16H,4-13H2,1-3H3,(H2,19,20,21). The van der Waals surface area contributed by atoms with Crippen LogP contribution in [0.1, 0.15) is 45.4 Å². The number of aliphatic imine (C=N–C) groups is 1. The molecule has 2 N–H and O–H groups in total. The van der Waals surface area contributed by atoms with E-state index < -0.39 is 10.0 Å². The van der Waals surface area contributed by atoms with Gasteiger partial charge in [0.15, 0.2) is 5.96 Å². The van der Waals surface area contributed by atoms with Gasteiger partial charge >= 0.3 is 0 Å². The molecule has 1 saturated heterocycles. The fourth-order valence-electron chi connectivity index (χ4n) is 4.69. The van der Waals surface area contributed by atoms with Gasteiger partial charge in [0.2, 0.25) is 10.0 Å². The van der Waals surface area contributed by atoms with E-state index in [9.17, 15) is 8.42 Å². The quantitative estimate of drug-likeness (QED) is 0.529. The molecule has 26 heavy (non-hydrogen) atoms. The van der Waals surface area contributed by atoms with Gasteiger partial charge in [0.25, 0.3) is 0 Å². The van der Waals surface area contributed by atoms with Gasteiger partial charge in [-0.2, -0.15) is 0 Å². The van der Waals surface area contributed by atoms with Gasteiger partial charge in [-0.15, -0.1) is 0 Å². The Kier molecular flexibility index (Phi) is 6.14. The van der Waals surface area contributed by atoms with Gasteiger partial charge in [-0.1, -0.05) is 6.42 Å². The smallest absolute Gasteiger partial charge is 0.211 e. The molecule has 3 fully saturated rings. The Labute approximate surface area is 158 Å². The summed E-state index contributed by atoms with van der Waals surface area (Å²) in [5, 5.41) is 7.06. The summed E-state index contributed by atoms with van der Waals surface area (Å²) in [6.45, 7) is 4.95. The molecule has 0 aromatic heterocycles. The van der Waals surface area contributed by atoms with Crippen molar-refractivity contribution >= 4 is 16.0 Å². The Balaban J connectivity index is 1.44. The van der Waals surface area contributed by atoms with E-state index in [1.807, 2.05) is 7.05 Å². The summed E-state index contributed by atoms with van der Waals surface area (Å²) >= 11 is 0. The van der Waals surface area contributed by atoms with Crippen molar-refractivity contribution < 1.29 is 13.2 Å². The van der Waals surface area contributed by atoms with Gasteiger partial charge in [0, 0.05) is 44.7 Å². The third-order valence-electron chi connectivity index (χ3n) is 6.57. The predicted octanol–water partition coefficient (Wildman–Crippen LogP) is 1.17. The number of nitrogens with zero attached hydrogens (tertiary/aromatic N) is 2. The number of sulfonamides is 1. The normalized spacial score (nSPS) is 29.9. The Morgan fingerprint density at radius 2 is 2.00 bits per heavy atom. The minimum absolute atomic E-state index is 0.314. The number of guanidine groups is 1. The zero-order valence-corrected chi connectivity index (χ0v) is 17.1. The summed E-state index contributed by atoms with van der Waals surface area (Å²) in [6.07, 6.45) is 8.34. The molecule has 0 aromatic rings. The van der Waals surface area contributed by atoms with Crippen molar-refractivity contribution in [2.24, 2.45) is 16.3 Å². The van der Waals surface area contributed by atoms with E-state index in [2.05, 4.69) is 22.5 Å². The second kappa shape index (κ2) is 8.02. The molecule has 0 radical (unpaired) electrons. The zero-order valence-electron chi connectivity index (χ0n) is 16.3. The van der Waals surface area contributed by atoms with Crippen LogP contribution in [0.15, 0.2) is 4.99 Å². The molecular weight excluding hydrogens is 352 g/mol. The number of ether oxygens (including phenoxy) is 1. The highest BCUT2D eigenvalue weighted by atomic mass is 32.2. The maximum atomic E-state index is 11.6. The van der Waals surface area contributed by atoms with Crippen molar-refractivity contribution in [3.05, 3.63) is 0 Å². The zero-order chi connectivity index (χ0) is 18.8. The predicted molar refractivity (Wildman–Crippen MR) is 104 cm³/mol. The summed E-state index contributed by atoms with van der Waals surface area (Å²) in [5.41, 5.74) is 0.314. The van der Waals surface area contributed by atoms with Crippen LogP contribution in [0.2, 0.25) is 0 Å². The number of hydrogen-bond acceptors (Lipinski definition) is 4. The first-order valence-corrected chi connectivity index (χ1v) is 11.8. The van der Waals surface area contributed by atoms with Crippen molar-refractivity contribution in [2.45, 2.75) is 57.6 Å². The molecule has 1 aliphatic heterocycles. The molecule has 2 atom stereocenters. The van der Waals surface area contributed by atoms with E-state index in [0.717, 1.165) is 38.4 Å². The Bertz CT molecular complexity index is 610. The lowest BCUT2D eigenvalue weighted by atomic mass is 9.51. The van der Waals surface area contributed by atoms with Crippen molar-refractivity contribution in [1.82, 2.24) is 14.9 Å². The van der Waals surface area contributed by atoms with E-state index >= 15 is 0 Å². The average molecular weight is 387 g/mol. The number of nitrogens with one attached hydrogen (secondary N) is 2. The van der Waals surface area contributed by atoms with Crippen LogP contribution in [0.4, 0.5) is 0 Å². The average Bonchev–Trinajstić information content (AvgIpc) is 2.54. The lowest BCUT2D eigenvalue weighted by molar-refractivity contribution is -0.168. The summed E-state index contributed by atoms with van der Waals surface area (Å²) in [6, 6.07) is 0.450. The summed E-state index contributed by atoms with van der Waals surface area (Å²) in [7, 11) is -1.24. The van der Waals surface area contributed by atoms with Crippen molar-refractivity contribution in [3.8, 4) is 0 Å². The molecule has 1 spiro atoms. The van der Waals surface area contributed by atoms with Crippen molar-refractivity contribution in [1.29, 1.82) is 0 Å². The van der Waals surface area contributed by atoms with Gasteiger partial charge in [-0.05, 0) is 44.9 Å². The molecule has 0 bridgehead atoms. The third-order valence-corrected chi connectivity index (χ3v) is 7.88. The van der Waals surface area contributed by atoms with Crippen LogP contribution < -0.4 is 10.6 Å². The largest absolute Gasteiger partial charge is 0.378 e. The van der Waals surface area contributed by atoms with Gasteiger partial charge in [-0.3, -0.25) is 4.99 Å². The van der Waals surface area contributed by atoms with Crippen LogP contribution in [0.5, 0.6) is 0 Å². The Morgan fingerprint density at radius 3 is 2.50 bits per heavy atom. The van der Waals surface area contributed by atoms with Gasteiger partial charge in [0.1, 0.15) is 0 Å². The topological polar surface area (TPSA) is 83.0 Å². The van der Waals surface area contributed by atoms with Crippen LogP contribution in [-0.4, -0.2) is 70.4 Å². The van der Waals surface area contributed by atoms with E-state index in [0.29, 0.717) is 36.6 Å². The third kappa shape index (κ3) is 4.02. The Hall–Kier alpha value is -0.860. The summed E-state index contributed by atoms with van der Waals surface area (Å²) in [5.74, 6) is 1.35. The van der Waals surface area contributed by atoms with Crippen molar-refractivity contribution in [2.75, 3.05) is 39.5 Å². The molecule has 7 nitrogen and oxygen atoms in total. The van der Waals surface area contributed by atoms with Crippen LogP contribution in [0.25, 0.3) is 0 Å². The van der Waals surface area contributed by atoms with Gasteiger partial charge in [0.05, 0.1) is 12.4 Å². The van der Waals surface area contributed by atoms with E-state index in [1.54, 1.807) is 4.31 Å². The SMILES string of the molecule is CCOC1CC(NC(=NC)NCC2CCN(S(C)(=O)=O)CC2)C12CCC2. The van der Waals surface area contributed by atoms with Crippen molar-refractivity contribution in [3.63, 3.8) is 0 Å². The lowest BCUT2D eigenvalue weighted by Gasteiger charge is -2.61. The van der Waals surface area contributed by atoms with E-state index in [1.165, 1.54) is 25.5 Å². The van der Waals surface area contributed by atoms with Gasteiger partial charge < -0.3 is 15.4 Å². The number of piperidine rings is 1. The molecule has 0 aromatic carbocycles. The highest BCUT2D eigenvalue weighted by Gasteiger charge is 2.59. The molecule has 3 rings (SSSR count). The fourth-order valence-corrected chi connectivity index (χ4v) is 5.56. The summed E-state index contributed by atoms with van der Waals surface area (Å²) < 4.78 is 30.7. The molecule has 1 heterocycles. The highest BCUT2D eigenvalue weighted by Crippen LogP contribution is 2.57. The second-order valence-corrected chi connectivity index (χ2v) is 10.0. The first kappa shape index (κ1) is 19.9. The molecule has 3 aliphatic rings. The minimum atomic E-state index is -3.05. The molecule has 0 amide bonds. The van der Waals surface area contributed by atoms with E-state index in [-0.39, 0.29) is 0 Å². The minimum Gasteiger partial charge on any atom is -0.378 e. The van der Waals surface area contributed by atoms with E-state index in [4.69, 9.17) is 4.74 Å².